The van der Waals surface area contributed by atoms with E-state index in [1.165, 1.54) is 0 Å². The van der Waals surface area contributed by atoms with E-state index in [0.29, 0.717) is 0 Å². The Morgan fingerprint density at radius 3 is 3.00 bits per heavy atom. The van der Waals surface area contributed by atoms with Crippen molar-refractivity contribution in [2.24, 2.45) is 7.05 Å². The van der Waals surface area contributed by atoms with E-state index in [1.807, 2.05) is 30.6 Å². The van der Waals surface area contributed by atoms with Crippen molar-refractivity contribution < 1.29 is 5.02 Å². The topological polar surface area (TPSA) is 38.0 Å². The Morgan fingerprint density at radius 1 is 1.62 bits per heavy atom. The Morgan fingerprint density at radius 2 is 2.46 bits per heavy atom. The molecule has 2 rings (SSSR count). The maximum atomic E-state index is 8.97. The van der Waals surface area contributed by atoms with Gasteiger partial charge in [-0.1, -0.05) is 6.07 Å². The lowest BCUT2D eigenvalue weighted by Gasteiger charge is -1.91. The molecular formula is C8H9BN2OS. The van der Waals surface area contributed by atoms with Gasteiger partial charge in [0.2, 0.25) is 0 Å². The maximum Gasteiger partial charge on any atom is 0.324 e. The van der Waals surface area contributed by atoms with Gasteiger partial charge in [-0.05, 0) is 17.5 Å². The highest BCUT2D eigenvalue weighted by Crippen LogP contribution is 2.21. The lowest BCUT2D eigenvalue weighted by Crippen LogP contribution is -2.21. The van der Waals surface area contributed by atoms with Crippen molar-refractivity contribution in [2.75, 3.05) is 0 Å². The number of rotatable bonds is 2. The SMILES string of the molecule is Cn1nc(-c2cccs2)cc1BO. The highest BCUT2D eigenvalue weighted by atomic mass is 32.1. The molecule has 0 atom stereocenters. The summed E-state index contributed by atoms with van der Waals surface area (Å²) < 4.78 is 1.70. The molecule has 2 aromatic heterocycles. The lowest BCUT2D eigenvalue weighted by atomic mass is 9.96. The number of thiophene rings is 1. The van der Waals surface area contributed by atoms with Gasteiger partial charge in [0, 0.05) is 12.6 Å². The van der Waals surface area contributed by atoms with E-state index in [4.69, 9.17) is 5.02 Å². The van der Waals surface area contributed by atoms with Gasteiger partial charge in [0.05, 0.1) is 4.88 Å². The molecule has 3 nitrogen and oxygen atoms in total. The maximum absolute atomic E-state index is 8.97. The molecule has 0 saturated heterocycles. The van der Waals surface area contributed by atoms with Crippen LogP contribution in [-0.4, -0.2) is 22.3 Å². The van der Waals surface area contributed by atoms with Gasteiger partial charge < -0.3 is 5.02 Å². The van der Waals surface area contributed by atoms with E-state index in [9.17, 15) is 0 Å². The molecule has 0 aromatic carbocycles. The molecule has 0 fully saturated rings. The minimum atomic E-state index is 0.0366. The second kappa shape index (κ2) is 3.36. The molecule has 66 valence electrons. The number of aromatic nitrogens is 2. The smallest absolute Gasteiger partial charge is 0.324 e. The molecule has 2 heterocycles. The van der Waals surface area contributed by atoms with Crippen molar-refractivity contribution in [3.05, 3.63) is 23.6 Å². The predicted molar refractivity (Wildman–Crippen MR) is 55.5 cm³/mol. The zero-order valence-electron chi connectivity index (χ0n) is 7.27. The van der Waals surface area contributed by atoms with E-state index < -0.39 is 0 Å². The van der Waals surface area contributed by atoms with E-state index in [0.717, 1.165) is 16.2 Å². The number of aryl methyl sites for hydroxylation is 1. The first-order chi connectivity index (χ1) is 6.31. The van der Waals surface area contributed by atoms with Crippen LogP contribution in [-0.2, 0) is 7.05 Å². The first kappa shape index (κ1) is 8.53. The summed E-state index contributed by atoms with van der Waals surface area (Å²) in [6.07, 6.45) is 0. The van der Waals surface area contributed by atoms with E-state index in [2.05, 4.69) is 5.10 Å². The molecule has 13 heavy (non-hydrogen) atoms. The summed E-state index contributed by atoms with van der Waals surface area (Å²) >= 11 is 1.65. The van der Waals surface area contributed by atoms with Crippen LogP contribution < -0.4 is 5.59 Å². The average Bonchev–Trinajstić information content (AvgIpc) is 2.71. The summed E-state index contributed by atoms with van der Waals surface area (Å²) in [4.78, 5) is 1.13. The first-order valence-electron chi connectivity index (χ1n) is 3.99. The van der Waals surface area contributed by atoms with Crippen molar-refractivity contribution >= 4 is 24.4 Å². The quantitative estimate of drug-likeness (QED) is 0.686. The first-order valence-corrected chi connectivity index (χ1v) is 4.87. The Labute approximate surface area is 80.9 Å². The van der Waals surface area contributed by atoms with Gasteiger partial charge in [-0.15, -0.1) is 11.3 Å². The minimum Gasteiger partial charge on any atom is -0.448 e. The monoisotopic (exact) mass is 192 g/mol. The Hall–Kier alpha value is -1.07. The van der Waals surface area contributed by atoms with Crippen molar-refractivity contribution in [3.8, 4) is 10.6 Å². The molecule has 5 heteroatoms. The number of nitrogens with zero attached hydrogens (tertiary/aromatic N) is 2. The summed E-state index contributed by atoms with van der Waals surface area (Å²) in [5.74, 6) is 0. The van der Waals surface area contributed by atoms with Crippen molar-refractivity contribution in [2.45, 2.75) is 0 Å². The fourth-order valence-corrected chi connectivity index (χ4v) is 1.88. The Bertz CT molecular complexity index is 396. The van der Waals surface area contributed by atoms with Crippen molar-refractivity contribution in [1.82, 2.24) is 9.78 Å². The number of hydrogen-bond acceptors (Lipinski definition) is 3. The molecule has 0 saturated carbocycles. The molecule has 1 N–H and O–H groups in total. The van der Waals surface area contributed by atoms with Gasteiger partial charge in [-0.25, -0.2) is 0 Å². The molecule has 2 aromatic rings. The van der Waals surface area contributed by atoms with Gasteiger partial charge in [0.25, 0.3) is 0 Å². The van der Waals surface area contributed by atoms with Crippen LogP contribution in [0, 0.1) is 0 Å². The van der Waals surface area contributed by atoms with Crippen LogP contribution in [0.3, 0.4) is 0 Å². The lowest BCUT2D eigenvalue weighted by molar-refractivity contribution is 0.609. The largest absolute Gasteiger partial charge is 0.448 e. The van der Waals surface area contributed by atoms with Gasteiger partial charge in [0.1, 0.15) is 5.69 Å². The predicted octanol–water partition coefficient (Wildman–Crippen LogP) is 0.118. The molecule has 0 aliphatic heterocycles. The van der Waals surface area contributed by atoms with Crippen molar-refractivity contribution in [3.63, 3.8) is 0 Å². The van der Waals surface area contributed by atoms with Gasteiger partial charge in [0.15, 0.2) is 0 Å². The molecule has 0 aliphatic carbocycles. The fourth-order valence-electron chi connectivity index (χ4n) is 1.20. The molecule has 0 bridgehead atoms. The molecule has 0 aliphatic rings. The summed E-state index contributed by atoms with van der Waals surface area (Å²) in [6.45, 7) is 0. The summed E-state index contributed by atoms with van der Waals surface area (Å²) in [5.41, 5.74) is 1.77. The molecule has 0 amide bonds. The zero-order chi connectivity index (χ0) is 9.26. The molecule has 0 spiro atoms. The van der Waals surface area contributed by atoms with E-state index >= 15 is 0 Å². The summed E-state index contributed by atoms with van der Waals surface area (Å²) in [6, 6.07) is 5.92. The standard InChI is InChI=1S/C8H9BN2OS/c1-11-8(9-12)5-6(10-11)7-3-2-4-13-7/h2-5,9,12H,1H3. The minimum absolute atomic E-state index is 0.0366. The average molecular weight is 192 g/mol. The second-order valence-corrected chi connectivity index (χ2v) is 3.73. The van der Waals surface area contributed by atoms with Gasteiger partial charge >= 0.3 is 7.48 Å². The van der Waals surface area contributed by atoms with Crippen LogP contribution in [0.25, 0.3) is 10.6 Å². The third kappa shape index (κ3) is 1.52. The third-order valence-electron chi connectivity index (χ3n) is 1.91. The van der Waals surface area contributed by atoms with Gasteiger partial charge in [-0.2, -0.15) is 5.10 Å². The molecule has 0 radical (unpaired) electrons. The number of hydrogen-bond donors (Lipinski definition) is 1. The van der Waals surface area contributed by atoms with Crippen LogP contribution in [0.1, 0.15) is 0 Å². The van der Waals surface area contributed by atoms with Crippen LogP contribution in [0.2, 0.25) is 0 Å². The van der Waals surface area contributed by atoms with Crippen LogP contribution in [0.15, 0.2) is 23.6 Å². The Kier molecular flexibility index (Phi) is 2.20. The third-order valence-corrected chi connectivity index (χ3v) is 2.80. The zero-order valence-corrected chi connectivity index (χ0v) is 8.08. The Balaban J connectivity index is 2.43. The van der Waals surface area contributed by atoms with Gasteiger partial charge in [-0.3, -0.25) is 4.68 Å². The van der Waals surface area contributed by atoms with E-state index in [1.54, 1.807) is 16.0 Å². The summed E-state index contributed by atoms with van der Waals surface area (Å²) in [7, 11) is 1.87. The highest BCUT2D eigenvalue weighted by molar-refractivity contribution is 7.13. The highest BCUT2D eigenvalue weighted by Gasteiger charge is 2.07. The van der Waals surface area contributed by atoms with Crippen LogP contribution in [0.5, 0.6) is 0 Å². The fraction of sp³-hybridized carbons (Fsp3) is 0.125. The molecule has 0 unspecified atom stereocenters. The van der Waals surface area contributed by atoms with Crippen LogP contribution >= 0.6 is 11.3 Å². The normalized spacial score (nSPS) is 10.3. The molecular weight excluding hydrogens is 183 g/mol. The van der Waals surface area contributed by atoms with Crippen LogP contribution in [0.4, 0.5) is 0 Å². The summed E-state index contributed by atoms with van der Waals surface area (Å²) in [5, 5.41) is 15.3. The van der Waals surface area contributed by atoms with E-state index in [-0.39, 0.29) is 7.48 Å². The van der Waals surface area contributed by atoms with Crippen molar-refractivity contribution in [1.29, 1.82) is 0 Å². The second-order valence-electron chi connectivity index (χ2n) is 2.78.